The summed E-state index contributed by atoms with van der Waals surface area (Å²) in [6.45, 7) is 7.76. The van der Waals surface area contributed by atoms with Gasteiger partial charge in [-0.3, -0.25) is 4.90 Å². The monoisotopic (exact) mass is 249 g/mol. The Labute approximate surface area is 109 Å². The van der Waals surface area contributed by atoms with Crippen LogP contribution in [0.15, 0.2) is 18.2 Å². The molecular formula is C15H23NO2. The SMILES string of the molecule is CCOCCN(CC)C1CCc2c(O)cccc21. The van der Waals surface area contributed by atoms with E-state index in [4.69, 9.17) is 4.74 Å². The Bertz CT molecular complexity index is 392. The van der Waals surface area contributed by atoms with Gasteiger partial charge in [0.2, 0.25) is 0 Å². The van der Waals surface area contributed by atoms with E-state index in [0.717, 1.165) is 44.7 Å². The van der Waals surface area contributed by atoms with Crippen molar-refractivity contribution in [3.05, 3.63) is 29.3 Å². The first kappa shape index (κ1) is 13.4. The number of likely N-dealkylation sites (N-methyl/N-ethyl adjacent to an activating group) is 1. The summed E-state index contributed by atoms with van der Waals surface area (Å²) in [5, 5.41) is 9.87. The number of hydrogen-bond acceptors (Lipinski definition) is 3. The average Bonchev–Trinajstić information content (AvgIpc) is 2.80. The van der Waals surface area contributed by atoms with Gasteiger partial charge < -0.3 is 9.84 Å². The van der Waals surface area contributed by atoms with Gasteiger partial charge in [-0.1, -0.05) is 19.1 Å². The van der Waals surface area contributed by atoms with Crippen LogP contribution in [-0.2, 0) is 11.2 Å². The summed E-state index contributed by atoms with van der Waals surface area (Å²) in [6, 6.07) is 6.33. The summed E-state index contributed by atoms with van der Waals surface area (Å²) < 4.78 is 5.45. The first-order valence-corrected chi connectivity index (χ1v) is 6.90. The van der Waals surface area contributed by atoms with E-state index in [0.29, 0.717) is 11.8 Å². The molecular weight excluding hydrogens is 226 g/mol. The van der Waals surface area contributed by atoms with Crippen molar-refractivity contribution in [1.82, 2.24) is 4.90 Å². The van der Waals surface area contributed by atoms with E-state index in [1.54, 1.807) is 6.07 Å². The lowest BCUT2D eigenvalue weighted by molar-refractivity contribution is 0.0966. The van der Waals surface area contributed by atoms with Gasteiger partial charge in [0.25, 0.3) is 0 Å². The highest BCUT2D eigenvalue weighted by Crippen LogP contribution is 2.39. The van der Waals surface area contributed by atoms with Crippen LogP contribution in [0.4, 0.5) is 0 Å². The van der Waals surface area contributed by atoms with Crippen molar-refractivity contribution in [3.63, 3.8) is 0 Å². The van der Waals surface area contributed by atoms with Crippen molar-refractivity contribution in [2.75, 3.05) is 26.3 Å². The number of hydrogen-bond donors (Lipinski definition) is 1. The fourth-order valence-corrected chi connectivity index (χ4v) is 2.85. The van der Waals surface area contributed by atoms with E-state index in [1.165, 1.54) is 5.56 Å². The number of rotatable bonds is 6. The number of aromatic hydroxyl groups is 1. The normalized spacial score (nSPS) is 18.3. The summed E-state index contributed by atoms with van der Waals surface area (Å²) in [4.78, 5) is 2.45. The molecule has 0 aliphatic heterocycles. The maximum atomic E-state index is 9.87. The first-order chi connectivity index (χ1) is 8.77. The Morgan fingerprint density at radius 3 is 2.94 bits per heavy atom. The van der Waals surface area contributed by atoms with Crippen LogP contribution in [0.25, 0.3) is 0 Å². The predicted molar refractivity (Wildman–Crippen MR) is 72.9 cm³/mol. The van der Waals surface area contributed by atoms with Crippen molar-refractivity contribution < 1.29 is 9.84 Å². The average molecular weight is 249 g/mol. The fourth-order valence-electron chi connectivity index (χ4n) is 2.85. The van der Waals surface area contributed by atoms with Crippen LogP contribution in [0.2, 0.25) is 0 Å². The van der Waals surface area contributed by atoms with Gasteiger partial charge in [-0.25, -0.2) is 0 Å². The molecule has 0 aromatic heterocycles. The Morgan fingerprint density at radius 1 is 1.39 bits per heavy atom. The van der Waals surface area contributed by atoms with E-state index in [-0.39, 0.29) is 0 Å². The van der Waals surface area contributed by atoms with Crippen LogP contribution in [0, 0.1) is 0 Å². The molecule has 2 rings (SSSR count). The summed E-state index contributed by atoms with van der Waals surface area (Å²) >= 11 is 0. The lowest BCUT2D eigenvalue weighted by Gasteiger charge is -2.28. The van der Waals surface area contributed by atoms with Crippen LogP contribution < -0.4 is 0 Å². The summed E-state index contributed by atoms with van der Waals surface area (Å²) in [5.41, 5.74) is 2.44. The molecule has 1 aromatic rings. The molecule has 1 aromatic carbocycles. The van der Waals surface area contributed by atoms with E-state index in [1.807, 2.05) is 13.0 Å². The first-order valence-electron chi connectivity index (χ1n) is 6.90. The zero-order valence-electron chi connectivity index (χ0n) is 11.4. The Morgan fingerprint density at radius 2 is 2.22 bits per heavy atom. The van der Waals surface area contributed by atoms with Crippen LogP contribution >= 0.6 is 0 Å². The third kappa shape index (κ3) is 2.68. The standard InChI is InChI=1S/C15H23NO2/c1-3-16(10-11-18-4-2)14-9-8-13-12(14)6-5-7-15(13)17/h5-7,14,17H,3-4,8-11H2,1-2H3. The molecule has 0 fully saturated rings. The number of fused-ring (bicyclic) bond motifs is 1. The van der Waals surface area contributed by atoms with Crippen LogP contribution in [0.5, 0.6) is 5.75 Å². The minimum atomic E-state index is 0.442. The Kier molecular flexibility index (Phi) is 4.61. The van der Waals surface area contributed by atoms with E-state index < -0.39 is 0 Å². The summed E-state index contributed by atoms with van der Waals surface area (Å²) in [6.07, 6.45) is 2.09. The van der Waals surface area contributed by atoms with Crippen LogP contribution in [0.3, 0.4) is 0 Å². The Balaban J connectivity index is 2.08. The van der Waals surface area contributed by atoms with E-state index in [9.17, 15) is 5.11 Å². The molecule has 1 aliphatic rings. The third-order valence-electron chi connectivity index (χ3n) is 3.79. The number of phenolic OH excluding ortho intramolecular Hbond substituents is 1. The highest BCUT2D eigenvalue weighted by atomic mass is 16.5. The molecule has 0 amide bonds. The van der Waals surface area contributed by atoms with Gasteiger partial charge >= 0.3 is 0 Å². The zero-order valence-corrected chi connectivity index (χ0v) is 11.4. The lowest BCUT2D eigenvalue weighted by atomic mass is 10.1. The highest BCUT2D eigenvalue weighted by molar-refractivity contribution is 5.44. The quantitative estimate of drug-likeness (QED) is 0.787. The summed E-state index contributed by atoms with van der Waals surface area (Å²) in [5.74, 6) is 0.455. The minimum absolute atomic E-state index is 0.442. The van der Waals surface area contributed by atoms with Gasteiger partial charge in [-0.05, 0) is 43.5 Å². The molecule has 0 bridgehead atoms. The molecule has 100 valence electrons. The number of benzene rings is 1. The molecule has 1 unspecified atom stereocenters. The molecule has 1 N–H and O–H groups in total. The van der Waals surface area contributed by atoms with Crippen molar-refractivity contribution >= 4 is 0 Å². The van der Waals surface area contributed by atoms with Crippen LogP contribution in [0.1, 0.15) is 37.4 Å². The fraction of sp³-hybridized carbons (Fsp3) is 0.600. The number of nitrogens with zero attached hydrogens (tertiary/aromatic N) is 1. The van der Waals surface area contributed by atoms with Gasteiger partial charge in [-0.15, -0.1) is 0 Å². The molecule has 0 radical (unpaired) electrons. The van der Waals surface area contributed by atoms with Crippen molar-refractivity contribution in [1.29, 1.82) is 0 Å². The molecule has 3 nitrogen and oxygen atoms in total. The van der Waals surface area contributed by atoms with Gasteiger partial charge in [-0.2, -0.15) is 0 Å². The minimum Gasteiger partial charge on any atom is -0.508 e. The van der Waals surface area contributed by atoms with Crippen molar-refractivity contribution in [2.45, 2.75) is 32.7 Å². The Hall–Kier alpha value is -1.06. The maximum absolute atomic E-state index is 9.87. The highest BCUT2D eigenvalue weighted by Gasteiger charge is 2.28. The molecule has 1 atom stereocenters. The van der Waals surface area contributed by atoms with Crippen LogP contribution in [-0.4, -0.2) is 36.3 Å². The number of ether oxygens (including phenoxy) is 1. The smallest absolute Gasteiger partial charge is 0.119 e. The second-order valence-corrected chi connectivity index (χ2v) is 4.72. The van der Waals surface area contributed by atoms with Crippen molar-refractivity contribution in [2.24, 2.45) is 0 Å². The summed E-state index contributed by atoms with van der Waals surface area (Å²) in [7, 11) is 0. The van der Waals surface area contributed by atoms with Gasteiger partial charge in [0.05, 0.1) is 6.61 Å². The maximum Gasteiger partial charge on any atom is 0.119 e. The second kappa shape index (κ2) is 6.21. The van der Waals surface area contributed by atoms with Crippen molar-refractivity contribution in [3.8, 4) is 5.75 Å². The molecule has 0 spiro atoms. The van der Waals surface area contributed by atoms with Gasteiger partial charge in [0.15, 0.2) is 0 Å². The van der Waals surface area contributed by atoms with Gasteiger partial charge in [0, 0.05) is 19.2 Å². The molecule has 18 heavy (non-hydrogen) atoms. The topological polar surface area (TPSA) is 32.7 Å². The molecule has 0 heterocycles. The molecule has 1 aliphatic carbocycles. The van der Waals surface area contributed by atoms with Gasteiger partial charge in [0.1, 0.15) is 5.75 Å². The largest absolute Gasteiger partial charge is 0.508 e. The van der Waals surface area contributed by atoms with E-state index in [2.05, 4.69) is 17.9 Å². The number of phenols is 1. The third-order valence-corrected chi connectivity index (χ3v) is 3.79. The lowest BCUT2D eigenvalue weighted by Crippen LogP contribution is -2.30. The van der Waals surface area contributed by atoms with E-state index >= 15 is 0 Å². The second-order valence-electron chi connectivity index (χ2n) is 4.72. The molecule has 0 saturated heterocycles. The zero-order chi connectivity index (χ0) is 13.0. The predicted octanol–water partition coefficient (Wildman–Crippen LogP) is 2.74. The molecule has 0 saturated carbocycles. The molecule has 3 heteroatoms.